The van der Waals surface area contributed by atoms with Gasteiger partial charge in [0.2, 0.25) is 0 Å². The summed E-state index contributed by atoms with van der Waals surface area (Å²) in [4.78, 5) is 9.59. The molecule has 0 bridgehead atoms. The number of rotatable bonds is 2. The van der Waals surface area contributed by atoms with Crippen molar-refractivity contribution in [2.75, 3.05) is 25.4 Å². The van der Waals surface area contributed by atoms with Crippen molar-refractivity contribution in [2.45, 2.75) is 38.4 Å². The molecule has 0 aliphatic carbocycles. The van der Waals surface area contributed by atoms with E-state index in [1.165, 1.54) is 25.9 Å². The molecule has 2 N–H and O–H groups in total. The van der Waals surface area contributed by atoms with Crippen LogP contribution in [0.15, 0.2) is 18.3 Å². The lowest BCUT2D eigenvalue weighted by Gasteiger charge is -2.42. The molecule has 0 radical (unpaired) electrons. The zero-order valence-electron chi connectivity index (χ0n) is 11.0. The summed E-state index contributed by atoms with van der Waals surface area (Å²) in [6, 6.07) is 5.20. The Morgan fingerprint density at radius 1 is 1.44 bits per heavy atom. The largest absolute Gasteiger partial charge is 0.397 e. The summed E-state index contributed by atoms with van der Waals surface area (Å²) < 4.78 is 0. The molecule has 2 saturated heterocycles. The van der Waals surface area contributed by atoms with Crippen LogP contribution in [0.3, 0.4) is 0 Å². The quantitative estimate of drug-likeness (QED) is 0.855. The van der Waals surface area contributed by atoms with Crippen molar-refractivity contribution in [3.8, 4) is 0 Å². The van der Waals surface area contributed by atoms with Crippen LogP contribution in [0.1, 0.15) is 25.5 Å². The average molecular weight is 246 g/mol. The van der Waals surface area contributed by atoms with Crippen LogP contribution in [-0.4, -0.2) is 46.5 Å². The first-order valence-electron chi connectivity index (χ1n) is 6.91. The van der Waals surface area contributed by atoms with Crippen LogP contribution in [0, 0.1) is 0 Å². The van der Waals surface area contributed by atoms with Gasteiger partial charge in [0.1, 0.15) is 0 Å². The molecule has 4 nitrogen and oxygen atoms in total. The van der Waals surface area contributed by atoms with Crippen molar-refractivity contribution in [3.63, 3.8) is 0 Å². The molecule has 0 saturated carbocycles. The van der Waals surface area contributed by atoms with Crippen molar-refractivity contribution in [3.05, 3.63) is 24.0 Å². The number of nitrogens with zero attached hydrogens (tertiary/aromatic N) is 3. The highest BCUT2D eigenvalue weighted by molar-refractivity contribution is 5.41. The zero-order chi connectivity index (χ0) is 12.5. The van der Waals surface area contributed by atoms with Crippen LogP contribution in [0.25, 0.3) is 0 Å². The summed E-state index contributed by atoms with van der Waals surface area (Å²) >= 11 is 0. The molecule has 3 heterocycles. The molecular formula is C14H22N4. The minimum atomic E-state index is 0.598. The van der Waals surface area contributed by atoms with Crippen molar-refractivity contribution < 1.29 is 0 Å². The molecule has 1 aromatic heterocycles. The first kappa shape index (κ1) is 11.9. The molecule has 3 rings (SSSR count). The lowest BCUT2D eigenvalue weighted by Crippen LogP contribution is -2.54. The van der Waals surface area contributed by atoms with Crippen molar-refractivity contribution in [2.24, 2.45) is 0 Å². The zero-order valence-corrected chi connectivity index (χ0v) is 11.0. The van der Waals surface area contributed by atoms with E-state index in [4.69, 9.17) is 5.73 Å². The highest BCUT2D eigenvalue weighted by atomic mass is 15.3. The third-order valence-electron chi connectivity index (χ3n) is 4.34. The predicted octanol–water partition coefficient (Wildman–Crippen LogP) is 1.33. The summed E-state index contributed by atoms with van der Waals surface area (Å²) in [5.41, 5.74) is 7.83. The van der Waals surface area contributed by atoms with Crippen molar-refractivity contribution in [1.82, 2.24) is 14.8 Å². The fourth-order valence-corrected chi connectivity index (χ4v) is 3.24. The lowest BCUT2D eigenvalue weighted by atomic mass is 10.1. The maximum absolute atomic E-state index is 5.99. The highest BCUT2D eigenvalue weighted by Gasteiger charge is 2.34. The fraction of sp³-hybridized carbons (Fsp3) is 0.643. The Bertz CT molecular complexity index is 420. The normalized spacial score (nSPS) is 29.4. The summed E-state index contributed by atoms with van der Waals surface area (Å²) in [6.45, 7) is 6.84. The maximum atomic E-state index is 5.99. The number of nitrogen functional groups attached to an aromatic ring is 1. The Labute approximate surface area is 109 Å². The van der Waals surface area contributed by atoms with Crippen LogP contribution in [-0.2, 0) is 6.54 Å². The van der Waals surface area contributed by atoms with Gasteiger partial charge in [0.15, 0.2) is 0 Å². The predicted molar refractivity (Wildman–Crippen MR) is 73.1 cm³/mol. The van der Waals surface area contributed by atoms with Crippen LogP contribution < -0.4 is 5.73 Å². The first-order valence-corrected chi connectivity index (χ1v) is 6.91. The van der Waals surface area contributed by atoms with Gasteiger partial charge in [0.05, 0.1) is 11.4 Å². The second kappa shape index (κ2) is 4.86. The number of piperazine rings is 1. The van der Waals surface area contributed by atoms with Gasteiger partial charge in [0.25, 0.3) is 0 Å². The van der Waals surface area contributed by atoms with E-state index < -0.39 is 0 Å². The topological polar surface area (TPSA) is 45.4 Å². The maximum Gasteiger partial charge on any atom is 0.0772 e. The molecular weight excluding hydrogens is 224 g/mol. The molecule has 2 aliphatic rings. The minimum absolute atomic E-state index is 0.598. The van der Waals surface area contributed by atoms with Gasteiger partial charge in [-0.2, -0.15) is 0 Å². The molecule has 98 valence electrons. The third-order valence-corrected chi connectivity index (χ3v) is 4.34. The van der Waals surface area contributed by atoms with E-state index in [1.54, 1.807) is 0 Å². The standard InChI is InChI=1S/C14H22N4/c1-11-8-17-7-3-4-12(17)9-18(11)10-14-13(15)5-2-6-16-14/h2,5-6,11-12H,3-4,7-10,15H2,1H3. The molecule has 18 heavy (non-hydrogen) atoms. The number of hydrogen-bond donors (Lipinski definition) is 1. The second-order valence-corrected chi connectivity index (χ2v) is 5.61. The van der Waals surface area contributed by atoms with Gasteiger partial charge in [-0.25, -0.2) is 0 Å². The molecule has 2 atom stereocenters. The smallest absolute Gasteiger partial charge is 0.0772 e. The molecule has 2 unspecified atom stereocenters. The van der Waals surface area contributed by atoms with Gasteiger partial charge in [-0.15, -0.1) is 0 Å². The minimum Gasteiger partial charge on any atom is -0.397 e. The van der Waals surface area contributed by atoms with Crippen LogP contribution >= 0.6 is 0 Å². The van der Waals surface area contributed by atoms with Crippen LogP contribution in [0.2, 0.25) is 0 Å². The Kier molecular flexibility index (Phi) is 3.22. The average Bonchev–Trinajstić information content (AvgIpc) is 2.79. The van der Waals surface area contributed by atoms with E-state index in [-0.39, 0.29) is 0 Å². The van der Waals surface area contributed by atoms with E-state index in [0.717, 1.165) is 30.5 Å². The summed E-state index contributed by atoms with van der Waals surface area (Å²) in [6.07, 6.45) is 4.54. The Hall–Kier alpha value is -1.13. The Morgan fingerprint density at radius 3 is 3.17 bits per heavy atom. The summed E-state index contributed by atoms with van der Waals surface area (Å²) in [7, 11) is 0. The van der Waals surface area contributed by atoms with Crippen LogP contribution in [0.5, 0.6) is 0 Å². The first-order chi connectivity index (χ1) is 8.74. The van der Waals surface area contributed by atoms with Gasteiger partial charge >= 0.3 is 0 Å². The van der Waals surface area contributed by atoms with Gasteiger partial charge in [-0.1, -0.05) is 0 Å². The SMILES string of the molecule is CC1CN2CCCC2CN1Cc1ncccc1N. The van der Waals surface area contributed by atoms with Crippen molar-refractivity contribution >= 4 is 5.69 Å². The van der Waals surface area contributed by atoms with Crippen molar-refractivity contribution in [1.29, 1.82) is 0 Å². The van der Waals surface area contributed by atoms with E-state index in [0.29, 0.717) is 6.04 Å². The number of aromatic nitrogens is 1. The number of hydrogen-bond acceptors (Lipinski definition) is 4. The Morgan fingerprint density at radius 2 is 2.33 bits per heavy atom. The number of pyridine rings is 1. The molecule has 2 aliphatic heterocycles. The molecule has 0 amide bonds. The van der Waals surface area contributed by atoms with E-state index in [2.05, 4.69) is 21.7 Å². The number of nitrogens with two attached hydrogens (primary N) is 1. The van der Waals surface area contributed by atoms with Gasteiger partial charge in [0, 0.05) is 37.9 Å². The van der Waals surface area contributed by atoms with E-state index in [1.807, 2.05) is 18.3 Å². The Balaban J connectivity index is 1.71. The van der Waals surface area contributed by atoms with Gasteiger partial charge in [-0.05, 0) is 38.4 Å². The molecule has 2 fully saturated rings. The lowest BCUT2D eigenvalue weighted by molar-refractivity contribution is 0.0533. The number of anilines is 1. The highest BCUT2D eigenvalue weighted by Crippen LogP contribution is 2.26. The third kappa shape index (κ3) is 2.22. The molecule has 0 spiro atoms. The van der Waals surface area contributed by atoms with Gasteiger partial charge in [-0.3, -0.25) is 14.8 Å². The number of fused-ring (bicyclic) bond motifs is 1. The summed E-state index contributed by atoms with van der Waals surface area (Å²) in [5.74, 6) is 0. The summed E-state index contributed by atoms with van der Waals surface area (Å²) in [5, 5.41) is 0. The van der Waals surface area contributed by atoms with E-state index in [9.17, 15) is 0 Å². The fourth-order valence-electron chi connectivity index (χ4n) is 3.24. The van der Waals surface area contributed by atoms with Gasteiger partial charge < -0.3 is 5.73 Å². The molecule has 4 heteroatoms. The molecule has 1 aromatic rings. The van der Waals surface area contributed by atoms with Crippen LogP contribution in [0.4, 0.5) is 5.69 Å². The van der Waals surface area contributed by atoms with E-state index >= 15 is 0 Å². The molecule has 0 aromatic carbocycles. The monoisotopic (exact) mass is 246 g/mol. The second-order valence-electron chi connectivity index (χ2n) is 5.61.